The highest BCUT2D eigenvalue weighted by Crippen LogP contribution is 2.12. The van der Waals surface area contributed by atoms with Gasteiger partial charge in [-0.05, 0) is 37.3 Å². The monoisotopic (exact) mass is 356 g/mol. The number of nitrogens with one attached hydrogen (secondary N) is 2. The highest BCUT2D eigenvalue weighted by atomic mass is 79.9. The predicted octanol–water partition coefficient (Wildman–Crippen LogP) is 3.48. The number of nitrogens with zero attached hydrogens (tertiary/aromatic N) is 2. The van der Waals surface area contributed by atoms with Gasteiger partial charge in [-0.15, -0.1) is 0 Å². The summed E-state index contributed by atoms with van der Waals surface area (Å²) in [5.41, 5.74) is 5.49. The molecule has 5 nitrogen and oxygen atoms in total. The molecule has 2 N–H and O–H groups in total. The van der Waals surface area contributed by atoms with E-state index in [9.17, 15) is 4.79 Å². The minimum Gasteiger partial charge on any atom is -0.337 e. The molecule has 0 saturated heterocycles. The molecular formula is C16H13BrN4O. The number of hydrogen-bond donors (Lipinski definition) is 2. The van der Waals surface area contributed by atoms with Gasteiger partial charge in [0.05, 0.1) is 11.0 Å². The zero-order chi connectivity index (χ0) is 15.5. The zero-order valence-corrected chi connectivity index (χ0v) is 13.4. The van der Waals surface area contributed by atoms with Gasteiger partial charge in [0.2, 0.25) is 0 Å². The van der Waals surface area contributed by atoms with Gasteiger partial charge in [0, 0.05) is 10.0 Å². The number of aromatic nitrogens is 2. The predicted molar refractivity (Wildman–Crippen MR) is 89.9 cm³/mol. The van der Waals surface area contributed by atoms with Crippen LogP contribution in [0.2, 0.25) is 0 Å². The third-order valence-corrected chi connectivity index (χ3v) is 3.64. The molecule has 0 bridgehead atoms. The summed E-state index contributed by atoms with van der Waals surface area (Å²) in [6.07, 6.45) is 0. The van der Waals surface area contributed by atoms with Gasteiger partial charge in [0.1, 0.15) is 5.71 Å². The Bertz CT molecular complexity index is 836. The number of hydrazone groups is 1. The van der Waals surface area contributed by atoms with E-state index in [4.69, 9.17) is 0 Å². The topological polar surface area (TPSA) is 70.1 Å². The Morgan fingerprint density at radius 1 is 1.23 bits per heavy atom. The van der Waals surface area contributed by atoms with E-state index in [-0.39, 0.29) is 5.91 Å². The van der Waals surface area contributed by atoms with Crippen LogP contribution >= 0.6 is 15.9 Å². The van der Waals surface area contributed by atoms with Crippen molar-refractivity contribution in [3.63, 3.8) is 0 Å². The summed E-state index contributed by atoms with van der Waals surface area (Å²) < 4.78 is 0.845. The van der Waals surface area contributed by atoms with Crippen LogP contribution in [0.5, 0.6) is 0 Å². The van der Waals surface area contributed by atoms with Gasteiger partial charge in [0.15, 0.2) is 5.82 Å². The number of H-pyrrole nitrogens is 1. The molecule has 22 heavy (non-hydrogen) atoms. The Balaban J connectivity index is 1.78. The molecule has 0 saturated carbocycles. The van der Waals surface area contributed by atoms with Crippen molar-refractivity contribution in [1.82, 2.24) is 15.4 Å². The number of hydrogen-bond acceptors (Lipinski definition) is 3. The third-order valence-electron chi connectivity index (χ3n) is 3.14. The van der Waals surface area contributed by atoms with Crippen LogP contribution in [0.15, 0.2) is 58.1 Å². The first-order valence-corrected chi connectivity index (χ1v) is 7.48. The molecule has 0 radical (unpaired) electrons. The van der Waals surface area contributed by atoms with Crippen LogP contribution in [0.3, 0.4) is 0 Å². The summed E-state index contributed by atoms with van der Waals surface area (Å²) in [5.74, 6) is 0.368. The minimum absolute atomic E-state index is 0.267. The second-order valence-corrected chi connectivity index (χ2v) is 5.67. The average Bonchev–Trinajstić information content (AvgIpc) is 2.96. The lowest BCUT2D eigenvalue weighted by Gasteiger charge is -2.01. The molecule has 2 aromatic carbocycles. The molecule has 6 heteroatoms. The fourth-order valence-electron chi connectivity index (χ4n) is 2.01. The number of rotatable bonds is 3. The number of para-hydroxylation sites is 2. The van der Waals surface area contributed by atoms with Gasteiger partial charge in [-0.1, -0.05) is 34.1 Å². The van der Waals surface area contributed by atoms with E-state index in [2.05, 4.69) is 36.4 Å². The van der Waals surface area contributed by atoms with Crippen molar-refractivity contribution in [1.29, 1.82) is 0 Å². The third kappa shape index (κ3) is 3.07. The molecule has 3 rings (SSSR count). The number of fused-ring (bicyclic) bond motifs is 1. The van der Waals surface area contributed by atoms with E-state index in [1.165, 1.54) is 0 Å². The van der Waals surface area contributed by atoms with Gasteiger partial charge in [-0.2, -0.15) is 5.10 Å². The Morgan fingerprint density at radius 2 is 2.05 bits per heavy atom. The minimum atomic E-state index is -0.267. The van der Waals surface area contributed by atoms with Crippen LogP contribution in [0.1, 0.15) is 23.1 Å². The number of imidazole rings is 1. The number of benzene rings is 2. The maximum atomic E-state index is 12.0. The lowest BCUT2D eigenvalue weighted by atomic mass is 10.2. The fourth-order valence-corrected chi connectivity index (χ4v) is 2.41. The first-order chi connectivity index (χ1) is 10.6. The molecule has 1 aromatic heterocycles. The van der Waals surface area contributed by atoms with Crippen molar-refractivity contribution < 1.29 is 4.79 Å². The highest BCUT2D eigenvalue weighted by Gasteiger charge is 2.07. The van der Waals surface area contributed by atoms with Gasteiger partial charge < -0.3 is 4.98 Å². The maximum Gasteiger partial charge on any atom is 0.271 e. The second-order valence-electron chi connectivity index (χ2n) is 4.75. The lowest BCUT2D eigenvalue weighted by Crippen LogP contribution is -2.19. The molecule has 0 fully saturated rings. The quantitative estimate of drug-likeness (QED) is 0.557. The largest absolute Gasteiger partial charge is 0.337 e. The van der Waals surface area contributed by atoms with E-state index in [0.717, 1.165) is 15.5 Å². The van der Waals surface area contributed by atoms with Crippen molar-refractivity contribution in [3.05, 3.63) is 64.4 Å². The first-order valence-electron chi connectivity index (χ1n) is 6.69. The van der Waals surface area contributed by atoms with E-state index < -0.39 is 0 Å². The molecule has 0 atom stereocenters. The van der Waals surface area contributed by atoms with Gasteiger partial charge in [-0.25, -0.2) is 10.4 Å². The van der Waals surface area contributed by atoms with Crippen LogP contribution in [-0.2, 0) is 0 Å². The lowest BCUT2D eigenvalue weighted by molar-refractivity contribution is 0.0955. The maximum absolute atomic E-state index is 12.0. The molecule has 0 aliphatic carbocycles. The average molecular weight is 357 g/mol. The first kappa shape index (κ1) is 14.5. The summed E-state index contributed by atoms with van der Waals surface area (Å²) >= 11 is 3.34. The molecule has 110 valence electrons. The number of halogens is 1. The molecule has 0 aliphatic heterocycles. The number of aromatic amines is 1. The number of amides is 1. The molecule has 1 heterocycles. The van der Waals surface area contributed by atoms with Crippen molar-refractivity contribution in [2.75, 3.05) is 0 Å². The van der Waals surface area contributed by atoms with E-state index >= 15 is 0 Å². The van der Waals surface area contributed by atoms with E-state index in [1.807, 2.05) is 30.3 Å². The molecular weight excluding hydrogens is 344 g/mol. The van der Waals surface area contributed by atoms with Crippen LogP contribution in [0.4, 0.5) is 0 Å². The zero-order valence-electron chi connectivity index (χ0n) is 11.8. The van der Waals surface area contributed by atoms with Crippen molar-refractivity contribution >= 4 is 38.6 Å². The SMILES string of the molecule is C/C(=N\NC(=O)c1cccc(Br)c1)c1nc2ccccc2[nH]1. The summed E-state index contributed by atoms with van der Waals surface area (Å²) in [7, 11) is 0. The summed E-state index contributed by atoms with van der Waals surface area (Å²) in [6.45, 7) is 1.79. The summed E-state index contributed by atoms with van der Waals surface area (Å²) in [6, 6.07) is 14.9. The van der Waals surface area contributed by atoms with Crippen molar-refractivity contribution in [3.8, 4) is 0 Å². The summed E-state index contributed by atoms with van der Waals surface area (Å²) in [4.78, 5) is 19.6. The second kappa shape index (κ2) is 6.11. The summed E-state index contributed by atoms with van der Waals surface area (Å²) in [5, 5.41) is 4.10. The Labute approximate surface area is 135 Å². The van der Waals surface area contributed by atoms with E-state index in [1.54, 1.807) is 25.1 Å². The van der Waals surface area contributed by atoms with Gasteiger partial charge >= 0.3 is 0 Å². The smallest absolute Gasteiger partial charge is 0.271 e. The number of carbonyl (C=O) groups excluding carboxylic acids is 1. The molecule has 0 unspecified atom stereocenters. The molecule has 1 amide bonds. The van der Waals surface area contributed by atoms with E-state index in [0.29, 0.717) is 17.1 Å². The molecule has 0 aliphatic rings. The van der Waals surface area contributed by atoms with Crippen LogP contribution in [0.25, 0.3) is 11.0 Å². The molecule has 0 spiro atoms. The number of carbonyl (C=O) groups is 1. The fraction of sp³-hybridized carbons (Fsp3) is 0.0625. The van der Waals surface area contributed by atoms with Crippen molar-refractivity contribution in [2.24, 2.45) is 5.10 Å². The standard InChI is InChI=1S/C16H13BrN4O/c1-10(15-18-13-7-2-3-8-14(13)19-15)20-21-16(22)11-5-4-6-12(17)9-11/h2-9H,1H3,(H,18,19)(H,21,22)/b20-10+. The normalized spacial score (nSPS) is 11.6. The Morgan fingerprint density at radius 3 is 2.82 bits per heavy atom. The van der Waals surface area contributed by atoms with Crippen LogP contribution < -0.4 is 5.43 Å². The van der Waals surface area contributed by atoms with Crippen LogP contribution in [-0.4, -0.2) is 21.6 Å². The highest BCUT2D eigenvalue weighted by molar-refractivity contribution is 9.10. The Hall–Kier alpha value is -2.47. The molecule has 3 aromatic rings. The van der Waals surface area contributed by atoms with Gasteiger partial charge in [0.25, 0.3) is 5.91 Å². The van der Waals surface area contributed by atoms with Crippen molar-refractivity contribution in [2.45, 2.75) is 6.92 Å². The van der Waals surface area contributed by atoms with Crippen LogP contribution in [0, 0.1) is 0 Å². The van der Waals surface area contributed by atoms with Gasteiger partial charge in [-0.3, -0.25) is 4.79 Å². The Kier molecular flexibility index (Phi) is 4.02.